The molecule has 5 rings (SSSR count). The Hall–Kier alpha value is -4.77. The molecule has 11 heteroatoms. The molecule has 218 valence electrons. The second kappa shape index (κ2) is 12.8. The number of carbonyl (C=O) groups excluding carboxylic acids is 2. The van der Waals surface area contributed by atoms with Crippen molar-refractivity contribution in [2.45, 2.75) is 51.6 Å². The number of hydrogen-bond acceptors (Lipinski definition) is 8. The van der Waals surface area contributed by atoms with Crippen LogP contribution in [0, 0.1) is 0 Å². The quantitative estimate of drug-likeness (QED) is 0.190. The van der Waals surface area contributed by atoms with Crippen molar-refractivity contribution in [2.24, 2.45) is 0 Å². The summed E-state index contributed by atoms with van der Waals surface area (Å²) in [7, 11) is 0. The predicted molar refractivity (Wildman–Crippen MR) is 165 cm³/mol. The molecule has 0 radical (unpaired) electrons. The highest BCUT2D eigenvalue weighted by atomic mass is 16.3. The van der Waals surface area contributed by atoms with E-state index in [1.807, 2.05) is 28.8 Å². The summed E-state index contributed by atoms with van der Waals surface area (Å²) >= 11 is 0. The molecule has 2 amide bonds. The minimum Gasteiger partial charge on any atom is -0.396 e. The first kappa shape index (κ1) is 28.7. The zero-order chi connectivity index (χ0) is 29.6. The molecule has 1 aliphatic rings. The first-order valence-corrected chi connectivity index (χ1v) is 14.2. The minimum absolute atomic E-state index is 0.118. The Morgan fingerprint density at radius 3 is 2.60 bits per heavy atom. The summed E-state index contributed by atoms with van der Waals surface area (Å²) < 4.78 is 2.03. The number of aliphatic hydroxyl groups is 1. The Bertz CT molecular complexity index is 1580. The first-order valence-electron chi connectivity index (χ1n) is 14.2. The monoisotopic (exact) mass is 568 g/mol. The van der Waals surface area contributed by atoms with Gasteiger partial charge in [-0.2, -0.15) is 9.97 Å². The largest absolute Gasteiger partial charge is 0.396 e. The van der Waals surface area contributed by atoms with Crippen molar-refractivity contribution in [2.75, 3.05) is 34.0 Å². The lowest BCUT2D eigenvalue weighted by Crippen LogP contribution is -2.41. The van der Waals surface area contributed by atoms with Crippen LogP contribution in [-0.2, 0) is 4.79 Å². The van der Waals surface area contributed by atoms with Gasteiger partial charge in [0.1, 0.15) is 0 Å². The molecule has 0 saturated carbocycles. The van der Waals surface area contributed by atoms with E-state index in [9.17, 15) is 14.7 Å². The highest BCUT2D eigenvalue weighted by Gasteiger charge is 2.26. The smallest absolute Gasteiger partial charge is 0.255 e. The molecular weight excluding hydrogens is 532 g/mol. The van der Waals surface area contributed by atoms with Gasteiger partial charge < -0.3 is 30.5 Å². The fourth-order valence-corrected chi connectivity index (χ4v) is 5.12. The third-order valence-corrected chi connectivity index (χ3v) is 7.30. The summed E-state index contributed by atoms with van der Waals surface area (Å²) in [5.74, 6) is 0.587. The Labute approximate surface area is 244 Å². The molecule has 1 saturated heterocycles. The summed E-state index contributed by atoms with van der Waals surface area (Å²) in [5.41, 5.74) is 3.75. The van der Waals surface area contributed by atoms with Gasteiger partial charge in [-0.15, -0.1) is 0 Å². The molecule has 4 N–H and O–H groups in total. The summed E-state index contributed by atoms with van der Waals surface area (Å²) in [5, 5.41) is 18.7. The molecule has 2 aromatic carbocycles. The van der Waals surface area contributed by atoms with Crippen molar-refractivity contribution in [3.63, 3.8) is 0 Å². The number of hydrogen-bond donors (Lipinski definition) is 4. The van der Waals surface area contributed by atoms with Gasteiger partial charge in [-0.05, 0) is 88.1 Å². The number of piperidine rings is 1. The second-order valence-corrected chi connectivity index (χ2v) is 10.6. The van der Waals surface area contributed by atoms with Crippen LogP contribution in [0.15, 0.2) is 67.5 Å². The molecule has 2 aromatic heterocycles. The summed E-state index contributed by atoms with van der Waals surface area (Å²) in [6.07, 6.45) is 6.79. The molecule has 3 heterocycles. The van der Waals surface area contributed by atoms with E-state index in [0.29, 0.717) is 40.6 Å². The molecule has 4 aromatic rings. The fourth-order valence-electron chi connectivity index (χ4n) is 5.12. The van der Waals surface area contributed by atoms with Crippen molar-refractivity contribution in [3.05, 3.63) is 73.1 Å². The van der Waals surface area contributed by atoms with Crippen molar-refractivity contribution in [1.29, 1.82) is 0 Å². The second-order valence-electron chi connectivity index (χ2n) is 10.6. The Balaban J connectivity index is 1.40. The predicted octanol–water partition coefficient (Wildman–Crippen LogP) is 5.27. The van der Waals surface area contributed by atoms with Crippen LogP contribution in [0.3, 0.4) is 0 Å². The van der Waals surface area contributed by atoms with Crippen molar-refractivity contribution < 1.29 is 14.7 Å². The Kier molecular flexibility index (Phi) is 8.77. The van der Waals surface area contributed by atoms with Crippen LogP contribution in [-0.4, -0.2) is 55.6 Å². The highest BCUT2D eigenvalue weighted by molar-refractivity contribution is 6.05. The summed E-state index contributed by atoms with van der Waals surface area (Å²) in [6.45, 7) is 8.56. The number of carbonyl (C=O) groups is 2. The molecule has 0 bridgehead atoms. The number of amides is 2. The maximum absolute atomic E-state index is 12.9. The number of aliphatic hydroxyl groups excluding tert-OH is 1. The number of fused-ring (bicyclic) bond motifs is 1. The zero-order valence-electron chi connectivity index (χ0n) is 23.9. The third kappa shape index (κ3) is 6.41. The highest BCUT2D eigenvalue weighted by Crippen LogP contribution is 2.31. The summed E-state index contributed by atoms with van der Waals surface area (Å²) in [4.78, 5) is 41.1. The van der Waals surface area contributed by atoms with Gasteiger partial charge >= 0.3 is 0 Å². The van der Waals surface area contributed by atoms with Crippen LogP contribution in [0.2, 0.25) is 0 Å². The molecule has 0 aliphatic carbocycles. The van der Waals surface area contributed by atoms with E-state index in [0.717, 1.165) is 37.1 Å². The molecular formula is C31H36N8O3. The lowest BCUT2D eigenvalue weighted by Gasteiger charge is -2.35. The van der Waals surface area contributed by atoms with Gasteiger partial charge in [-0.3, -0.25) is 9.59 Å². The van der Waals surface area contributed by atoms with Gasteiger partial charge in [0, 0.05) is 47.9 Å². The molecule has 0 spiro atoms. The normalized spacial score (nSPS) is 15.0. The van der Waals surface area contributed by atoms with E-state index in [-0.39, 0.29) is 30.5 Å². The first-order chi connectivity index (χ1) is 20.4. The maximum Gasteiger partial charge on any atom is 0.255 e. The van der Waals surface area contributed by atoms with Crippen LogP contribution < -0.4 is 20.9 Å². The number of aromatic nitrogens is 4. The number of nitrogens with zero attached hydrogens (tertiary/aromatic N) is 5. The molecule has 11 nitrogen and oxygen atoms in total. The standard InChI is InChI=1S/C31H36N8O3/c1-4-26(41)33-22-13-11-21(12-14-22)30(42)35-24-9-7-8-23(18-24)34-28-27-29(39(19-32-27)20(2)3)37-31(36-28)38-16-6-5-10-25(38)15-17-40/h4,7-9,11-14,18-20,25,40H,1,5-6,10,15-17H2,2-3H3,(H,33,41)(H,35,42)(H,34,36,37). The SMILES string of the molecule is C=CC(=O)Nc1ccc(C(=O)Nc2cccc(Nc3nc(N4CCCCC4CCO)nc4c3ncn4C(C)C)c2)cc1. The number of rotatable bonds is 10. The van der Waals surface area contributed by atoms with E-state index in [4.69, 9.17) is 9.97 Å². The Morgan fingerprint density at radius 2 is 1.86 bits per heavy atom. The van der Waals surface area contributed by atoms with Gasteiger partial charge in [0.25, 0.3) is 5.91 Å². The van der Waals surface area contributed by atoms with E-state index >= 15 is 0 Å². The topological polar surface area (TPSA) is 137 Å². The zero-order valence-corrected chi connectivity index (χ0v) is 23.9. The average Bonchev–Trinajstić information content (AvgIpc) is 3.43. The lowest BCUT2D eigenvalue weighted by atomic mass is 10.0. The molecule has 42 heavy (non-hydrogen) atoms. The van der Waals surface area contributed by atoms with Crippen LogP contribution in [0.1, 0.15) is 55.9 Å². The molecule has 1 fully saturated rings. The van der Waals surface area contributed by atoms with Gasteiger partial charge in [0.05, 0.1) is 6.33 Å². The van der Waals surface area contributed by atoms with Gasteiger partial charge in [0.2, 0.25) is 11.9 Å². The Morgan fingerprint density at radius 1 is 1.07 bits per heavy atom. The molecule has 1 aliphatic heterocycles. The summed E-state index contributed by atoms with van der Waals surface area (Å²) in [6, 6.07) is 14.3. The van der Waals surface area contributed by atoms with E-state index in [1.165, 1.54) is 6.08 Å². The third-order valence-electron chi connectivity index (χ3n) is 7.30. The van der Waals surface area contributed by atoms with Crippen molar-refractivity contribution in [3.8, 4) is 0 Å². The van der Waals surface area contributed by atoms with Crippen molar-refractivity contribution in [1.82, 2.24) is 19.5 Å². The van der Waals surface area contributed by atoms with Gasteiger partial charge in [-0.1, -0.05) is 12.6 Å². The van der Waals surface area contributed by atoms with Crippen LogP contribution >= 0.6 is 0 Å². The lowest BCUT2D eigenvalue weighted by molar-refractivity contribution is -0.111. The number of anilines is 5. The van der Waals surface area contributed by atoms with Gasteiger partial charge in [-0.25, -0.2) is 4.98 Å². The fraction of sp³-hybridized carbons (Fsp3) is 0.323. The van der Waals surface area contributed by atoms with Crippen molar-refractivity contribution >= 4 is 51.8 Å². The van der Waals surface area contributed by atoms with E-state index < -0.39 is 0 Å². The van der Waals surface area contributed by atoms with Gasteiger partial charge in [0.15, 0.2) is 17.0 Å². The number of benzene rings is 2. The molecule has 1 atom stereocenters. The molecule has 1 unspecified atom stereocenters. The number of imidazole rings is 1. The van der Waals surface area contributed by atoms with Crippen LogP contribution in [0.25, 0.3) is 11.2 Å². The minimum atomic E-state index is -0.318. The van der Waals surface area contributed by atoms with Crippen LogP contribution in [0.4, 0.5) is 28.8 Å². The average molecular weight is 569 g/mol. The van der Waals surface area contributed by atoms with E-state index in [1.54, 1.807) is 30.6 Å². The van der Waals surface area contributed by atoms with Crippen LogP contribution in [0.5, 0.6) is 0 Å². The number of nitrogens with one attached hydrogen (secondary N) is 3. The van der Waals surface area contributed by atoms with E-state index in [2.05, 4.69) is 46.3 Å². The maximum atomic E-state index is 12.9.